The number of rotatable bonds is 9. The molecule has 1 unspecified atom stereocenters. The third kappa shape index (κ3) is 6.56. The Morgan fingerprint density at radius 1 is 1.11 bits per heavy atom. The molecule has 0 saturated carbocycles. The van der Waals surface area contributed by atoms with Crippen LogP contribution in [0.1, 0.15) is 30.9 Å². The number of aliphatic imine (C=N–C) groups is 1. The van der Waals surface area contributed by atoms with Gasteiger partial charge in [0.15, 0.2) is 17.5 Å². The molecule has 2 N–H and O–H groups in total. The molecule has 1 aliphatic heterocycles. The van der Waals surface area contributed by atoms with Gasteiger partial charge in [0.25, 0.3) is 0 Å². The molecule has 0 aliphatic carbocycles. The number of likely N-dealkylation sites (tertiary alicyclic amines) is 1. The molecule has 1 heterocycles. The van der Waals surface area contributed by atoms with Gasteiger partial charge in [-0.05, 0) is 57.7 Å². The van der Waals surface area contributed by atoms with Gasteiger partial charge in [0.2, 0.25) is 0 Å². The summed E-state index contributed by atoms with van der Waals surface area (Å²) in [6.07, 6.45) is 4.01. The summed E-state index contributed by atoms with van der Waals surface area (Å²) in [4.78, 5) is 9.08. The van der Waals surface area contributed by atoms with Crippen LogP contribution in [0.5, 0.6) is 11.5 Å². The van der Waals surface area contributed by atoms with Crippen LogP contribution >= 0.6 is 0 Å². The Morgan fingerprint density at radius 3 is 2.43 bits per heavy atom. The van der Waals surface area contributed by atoms with Crippen LogP contribution in [0.3, 0.4) is 0 Å². The number of nitrogens with zero attached hydrogens (tertiary/aromatic N) is 3. The summed E-state index contributed by atoms with van der Waals surface area (Å²) in [5.74, 6) is 2.33. The fourth-order valence-corrected chi connectivity index (χ4v) is 3.59. The predicted molar refractivity (Wildman–Crippen MR) is 116 cm³/mol. The predicted octanol–water partition coefficient (Wildman–Crippen LogP) is 1.96. The van der Waals surface area contributed by atoms with Crippen LogP contribution < -0.4 is 20.1 Å². The van der Waals surface area contributed by atoms with Crippen molar-refractivity contribution in [1.82, 2.24) is 20.4 Å². The van der Waals surface area contributed by atoms with Crippen molar-refractivity contribution in [3.05, 3.63) is 23.8 Å². The van der Waals surface area contributed by atoms with E-state index in [1.807, 2.05) is 19.2 Å². The van der Waals surface area contributed by atoms with Crippen LogP contribution in [0.4, 0.5) is 0 Å². The lowest BCUT2D eigenvalue weighted by atomic mass is 10.1. The Balaban J connectivity index is 1.90. The van der Waals surface area contributed by atoms with Crippen LogP contribution in [-0.2, 0) is 0 Å². The van der Waals surface area contributed by atoms with E-state index in [1.54, 1.807) is 14.2 Å². The van der Waals surface area contributed by atoms with Gasteiger partial charge in [0, 0.05) is 26.7 Å². The molecule has 1 saturated heterocycles. The first-order valence-corrected chi connectivity index (χ1v) is 10.1. The minimum absolute atomic E-state index is 0.181. The Morgan fingerprint density at radius 2 is 1.82 bits per heavy atom. The lowest BCUT2D eigenvalue weighted by Gasteiger charge is -2.28. The second kappa shape index (κ2) is 11.8. The van der Waals surface area contributed by atoms with Gasteiger partial charge >= 0.3 is 0 Å². The van der Waals surface area contributed by atoms with E-state index in [0.717, 1.165) is 37.1 Å². The number of hydrogen-bond donors (Lipinski definition) is 2. The first kappa shape index (κ1) is 22.3. The van der Waals surface area contributed by atoms with Crippen molar-refractivity contribution in [1.29, 1.82) is 0 Å². The standard InChI is InChI=1S/C21H37N5O2/c1-22-21(23-11-14-26-12-7-6-8-13-26)24-16-18(25(2)3)17-9-10-19(27-4)20(15-17)28-5/h9-10,15,18H,6-8,11-14,16H2,1-5H3,(H2,22,23,24). The zero-order chi connectivity index (χ0) is 20.4. The molecular formula is C21H37N5O2. The SMILES string of the molecule is CN=C(NCCN1CCCCC1)NCC(c1ccc(OC)c(OC)c1)N(C)C. The quantitative estimate of drug-likeness (QED) is 0.496. The van der Waals surface area contributed by atoms with Crippen LogP contribution in [-0.4, -0.2) is 83.8 Å². The van der Waals surface area contributed by atoms with Crippen LogP contribution in [0, 0.1) is 0 Å². The molecule has 1 aromatic rings. The molecule has 158 valence electrons. The lowest BCUT2D eigenvalue weighted by Crippen LogP contribution is -2.44. The molecule has 0 radical (unpaired) electrons. The van der Waals surface area contributed by atoms with Gasteiger partial charge in [-0.1, -0.05) is 12.5 Å². The maximum Gasteiger partial charge on any atom is 0.191 e. The number of hydrogen-bond acceptors (Lipinski definition) is 5. The minimum Gasteiger partial charge on any atom is -0.493 e. The van der Waals surface area contributed by atoms with Crippen LogP contribution in [0.2, 0.25) is 0 Å². The molecule has 28 heavy (non-hydrogen) atoms. The van der Waals surface area contributed by atoms with Crippen LogP contribution in [0.15, 0.2) is 23.2 Å². The van der Waals surface area contributed by atoms with E-state index in [0.29, 0.717) is 0 Å². The van der Waals surface area contributed by atoms with Gasteiger partial charge in [-0.2, -0.15) is 0 Å². The van der Waals surface area contributed by atoms with Crippen molar-refractivity contribution in [3.8, 4) is 11.5 Å². The van der Waals surface area contributed by atoms with Gasteiger partial charge in [0.1, 0.15) is 0 Å². The Hall–Kier alpha value is -1.99. The third-order valence-corrected chi connectivity index (χ3v) is 5.27. The lowest BCUT2D eigenvalue weighted by molar-refractivity contribution is 0.232. The summed E-state index contributed by atoms with van der Waals surface area (Å²) in [5.41, 5.74) is 1.17. The Kier molecular flexibility index (Phi) is 9.37. The number of piperidine rings is 1. The van der Waals surface area contributed by atoms with E-state index in [4.69, 9.17) is 9.47 Å². The van der Waals surface area contributed by atoms with Crippen molar-refractivity contribution >= 4 is 5.96 Å². The number of ether oxygens (including phenoxy) is 2. The summed E-state index contributed by atoms with van der Waals surface area (Å²) in [6.45, 7) is 5.15. The molecule has 7 nitrogen and oxygen atoms in total. The van der Waals surface area contributed by atoms with E-state index < -0.39 is 0 Å². The molecule has 0 amide bonds. The zero-order valence-corrected chi connectivity index (χ0v) is 18.1. The molecule has 0 aromatic heterocycles. The van der Waals surface area contributed by atoms with Crippen LogP contribution in [0.25, 0.3) is 0 Å². The minimum atomic E-state index is 0.181. The number of likely N-dealkylation sites (N-methyl/N-ethyl adjacent to an activating group) is 1. The summed E-state index contributed by atoms with van der Waals surface area (Å²) in [7, 11) is 9.29. The van der Waals surface area contributed by atoms with Crippen molar-refractivity contribution < 1.29 is 9.47 Å². The fraction of sp³-hybridized carbons (Fsp3) is 0.667. The number of benzene rings is 1. The summed E-state index contributed by atoms with van der Waals surface area (Å²) >= 11 is 0. The highest BCUT2D eigenvalue weighted by molar-refractivity contribution is 5.79. The maximum absolute atomic E-state index is 5.46. The third-order valence-electron chi connectivity index (χ3n) is 5.27. The number of methoxy groups -OCH3 is 2. The first-order valence-electron chi connectivity index (χ1n) is 10.1. The second-order valence-corrected chi connectivity index (χ2v) is 7.38. The topological polar surface area (TPSA) is 61.4 Å². The average Bonchev–Trinajstić information content (AvgIpc) is 2.72. The van der Waals surface area contributed by atoms with Gasteiger partial charge in [0.05, 0.1) is 20.3 Å². The summed E-state index contributed by atoms with van der Waals surface area (Å²) in [6, 6.07) is 6.26. The normalized spacial score (nSPS) is 16.7. The van der Waals surface area contributed by atoms with E-state index >= 15 is 0 Å². The van der Waals surface area contributed by atoms with Crippen molar-refractivity contribution in [2.45, 2.75) is 25.3 Å². The van der Waals surface area contributed by atoms with Gasteiger partial charge in [-0.3, -0.25) is 4.99 Å². The molecular weight excluding hydrogens is 354 g/mol. The Bertz CT molecular complexity index is 615. The molecule has 0 bridgehead atoms. The van der Waals surface area contributed by atoms with Gasteiger partial charge < -0.3 is 29.9 Å². The summed E-state index contributed by atoms with van der Waals surface area (Å²) in [5, 5.41) is 6.90. The molecule has 1 atom stereocenters. The first-order chi connectivity index (χ1) is 13.6. The van der Waals surface area contributed by atoms with Gasteiger partial charge in [-0.25, -0.2) is 0 Å². The van der Waals surface area contributed by atoms with E-state index in [9.17, 15) is 0 Å². The molecule has 1 aliphatic rings. The summed E-state index contributed by atoms with van der Waals surface area (Å²) < 4.78 is 10.8. The van der Waals surface area contributed by atoms with Crippen molar-refractivity contribution in [3.63, 3.8) is 0 Å². The highest BCUT2D eigenvalue weighted by Gasteiger charge is 2.17. The van der Waals surface area contributed by atoms with Gasteiger partial charge in [-0.15, -0.1) is 0 Å². The maximum atomic E-state index is 5.46. The highest BCUT2D eigenvalue weighted by Crippen LogP contribution is 2.31. The van der Waals surface area contributed by atoms with E-state index in [2.05, 4.69) is 45.6 Å². The zero-order valence-electron chi connectivity index (χ0n) is 18.1. The average molecular weight is 392 g/mol. The van der Waals surface area contributed by atoms with E-state index in [1.165, 1.54) is 37.9 Å². The van der Waals surface area contributed by atoms with E-state index in [-0.39, 0.29) is 6.04 Å². The van der Waals surface area contributed by atoms with Crippen molar-refractivity contribution in [2.75, 3.05) is 68.1 Å². The highest BCUT2D eigenvalue weighted by atomic mass is 16.5. The largest absolute Gasteiger partial charge is 0.493 e. The molecule has 7 heteroatoms. The molecule has 0 spiro atoms. The Labute approximate surface area is 170 Å². The smallest absolute Gasteiger partial charge is 0.191 e. The molecule has 2 rings (SSSR count). The van der Waals surface area contributed by atoms with Crippen molar-refractivity contribution in [2.24, 2.45) is 4.99 Å². The molecule has 1 fully saturated rings. The number of guanidine groups is 1. The monoisotopic (exact) mass is 391 g/mol. The fourth-order valence-electron chi connectivity index (χ4n) is 3.59. The molecule has 1 aromatic carbocycles. The number of nitrogens with one attached hydrogen (secondary N) is 2. The second-order valence-electron chi connectivity index (χ2n) is 7.38.